The van der Waals surface area contributed by atoms with Gasteiger partial charge in [-0.3, -0.25) is 10.1 Å². The molecule has 0 aliphatic rings. The minimum atomic E-state index is -3.01. The third kappa shape index (κ3) is 5.83. The van der Waals surface area contributed by atoms with Gasteiger partial charge in [-0.2, -0.15) is 5.26 Å². The summed E-state index contributed by atoms with van der Waals surface area (Å²) in [5, 5.41) is 11.1. The van der Waals surface area contributed by atoms with Crippen molar-refractivity contribution in [2.75, 3.05) is 6.54 Å². The third-order valence-corrected chi connectivity index (χ3v) is 4.26. The second kappa shape index (κ2) is 8.05. The van der Waals surface area contributed by atoms with Gasteiger partial charge in [0.15, 0.2) is 0 Å². The van der Waals surface area contributed by atoms with E-state index < -0.39 is 7.59 Å². The van der Waals surface area contributed by atoms with Crippen molar-refractivity contribution in [1.82, 2.24) is 9.76 Å². The molecule has 1 atom stereocenters. The summed E-state index contributed by atoms with van der Waals surface area (Å²) in [6.45, 7) is 8.16. The molecule has 0 aromatic rings. The molecule has 0 aliphatic heterocycles. The Morgan fingerprint density at radius 3 is 2.12 bits per heavy atom. The number of nitrogens with one attached hydrogen (secondary N) is 1. The molecule has 0 amide bonds. The fraction of sp³-hybridized carbons (Fsp3) is 0.889. The Bertz CT molecular complexity index is 269. The first-order chi connectivity index (χ1) is 6.83. The molecule has 0 heterocycles. The Morgan fingerprint density at radius 2 is 1.81 bits per heavy atom. The SMILES string of the molecule is CC(C)N(C(C)C)P(N)(=O)NCCC#N.Cl. The van der Waals surface area contributed by atoms with Gasteiger partial charge in [-0.1, -0.05) is 0 Å². The van der Waals surface area contributed by atoms with Gasteiger partial charge in [-0.15, -0.1) is 12.4 Å². The highest BCUT2D eigenvalue weighted by molar-refractivity contribution is 7.56. The molecule has 0 rings (SSSR count). The molecular weight excluding hydrogens is 247 g/mol. The molecule has 0 spiro atoms. The van der Waals surface area contributed by atoms with Crippen LogP contribution in [-0.2, 0) is 4.57 Å². The number of nitriles is 1. The maximum absolute atomic E-state index is 12.2. The van der Waals surface area contributed by atoms with Crippen LogP contribution >= 0.6 is 20.0 Å². The normalized spacial score (nSPS) is 14.7. The second-order valence-electron chi connectivity index (χ2n) is 4.01. The van der Waals surface area contributed by atoms with Crippen LogP contribution in [0.5, 0.6) is 0 Å². The van der Waals surface area contributed by atoms with E-state index in [0.29, 0.717) is 13.0 Å². The smallest absolute Gasteiger partial charge is 0.271 e. The van der Waals surface area contributed by atoms with Crippen LogP contribution in [0.3, 0.4) is 0 Å². The van der Waals surface area contributed by atoms with Gasteiger partial charge in [0.2, 0.25) is 0 Å². The lowest BCUT2D eigenvalue weighted by Crippen LogP contribution is -2.41. The molecule has 0 aliphatic carbocycles. The second-order valence-corrected chi connectivity index (χ2v) is 6.03. The maximum atomic E-state index is 12.2. The molecule has 0 saturated heterocycles. The molecule has 3 N–H and O–H groups in total. The van der Waals surface area contributed by atoms with Crippen molar-refractivity contribution in [2.24, 2.45) is 5.50 Å². The number of halogens is 1. The standard InChI is InChI=1S/C9H21N4OP.ClH/c1-8(2)13(9(3)4)15(11,14)12-7-5-6-10;/h8-9H,5,7H2,1-4H3,(H3,11,12,14);1H. The fourth-order valence-electron chi connectivity index (χ4n) is 1.64. The summed E-state index contributed by atoms with van der Waals surface area (Å²) >= 11 is 0. The van der Waals surface area contributed by atoms with Crippen molar-refractivity contribution in [3.8, 4) is 6.07 Å². The van der Waals surface area contributed by atoms with Crippen LogP contribution in [0.2, 0.25) is 0 Å². The number of hydrogen-bond acceptors (Lipinski definition) is 2. The molecular formula is C9H22ClN4OP. The maximum Gasteiger partial charge on any atom is 0.279 e. The molecule has 0 radical (unpaired) electrons. The average Bonchev–Trinajstić information content (AvgIpc) is 2.01. The van der Waals surface area contributed by atoms with Crippen LogP contribution in [0.4, 0.5) is 0 Å². The van der Waals surface area contributed by atoms with Gasteiger partial charge < -0.3 is 0 Å². The molecule has 0 saturated carbocycles. The van der Waals surface area contributed by atoms with Gasteiger partial charge in [-0.25, -0.2) is 9.76 Å². The van der Waals surface area contributed by atoms with E-state index in [0.717, 1.165) is 0 Å². The summed E-state index contributed by atoms with van der Waals surface area (Å²) < 4.78 is 13.9. The van der Waals surface area contributed by atoms with Crippen LogP contribution in [0.15, 0.2) is 0 Å². The van der Waals surface area contributed by atoms with Crippen molar-refractivity contribution in [1.29, 1.82) is 5.26 Å². The Morgan fingerprint density at radius 1 is 1.38 bits per heavy atom. The Kier molecular flexibility index (Phi) is 9.19. The quantitative estimate of drug-likeness (QED) is 0.569. The zero-order valence-corrected chi connectivity index (χ0v) is 12.0. The van der Waals surface area contributed by atoms with Crippen molar-refractivity contribution >= 4 is 20.0 Å². The van der Waals surface area contributed by atoms with Gasteiger partial charge in [-0.05, 0) is 27.7 Å². The highest BCUT2D eigenvalue weighted by Crippen LogP contribution is 2.39. The zero-order chi connectivity index (χ0) is 12.1. The topological polar surface area (TPSA) is 82.2 Å². The van der Waals surface area contributed by atoms with Crippen LogP contribution in [0.25, 0.3) is 0 Å². The van der Waals surface area contributed by atoms with Crippen molar-refractivity contribution in [3.05, 3.63) is 0 Å². The van der Waals surface area contributed by atoms with Gasteiger partial charge in [0.1, 0.15) is 0 Å². The first kappa shape index (κ1) is 18.3. The lowest BCUT2D eigenvalue weighted by molar-refractivity contribution is 0.294. The average molecular weight is 269 g/mol. The van der Waals surface area contributed by atoms with Gasteiger partial charge >= 0.3 is 0 Å². The highest BCUT2D eigenvalue weighted by atomic mass is 35.5. The monoisotopic (exact) mass is 268 g/mol. The van der Waals surface area contributed by atoms with Crippen molar-refractivity contribution < 1.29 is 4.57 Å². The Hall–Kier alpha value is -0.110. The molecule has 5 nitrogen and oxygen atoms in total. The molecule has 0 fully saturated rings. The van der Waals surface area contributed by atoms with E-state index in [9.17, 15) is 4.57 Å². The third-order valence-electron chi connectivity index (χ3n) is 1.98. The number of nitrogens with zero attached hydrogens (tertiary/aromatic N) is 2. The highest BCUT2D eigenvalue weighted by Gasteiger charge is 2.30. The van der Waals surface area contributed by atoms with E-state index in [1.54, 1.807) is 4.67 Å². The first-order valence-electron chi connectivity index (χ1n) is 5.12. The minimum Gasteiger partial charge on any atom is -0.271 e. The molecule has 96 valence electrons. The first-order valence-corrected chi connectivity index (χ1v) is 6.85. The molecule has 0 aromatic heterocycles. The summed E-state index contributed by atoms with van der Waals surface area (Å²) in [5.41, 5.74) is 5.76. The van der Waals surface area contributed by atoms with E-state index in [1.165, 1.54) is 0 Å². The molecule has 0 aromatic carbocycles. The van der Waals surface area contributed by atoms with Crippen molar-refractivity contribution in [3.63, 3.8) is 0 Å². The van der Waals surface area contributed by atoms with E-state index in [4.69, 9.17) is 10.8 Å². The predicted molar refractivity (Wildman–Crippen MR) is 69.4 cm³/mol. The zero-order valence-electron chi connectivity index (χ0n) is 10.3. The van der Waals surface area contributed by atoms with E-state index in [-0.39, 0.29) is 24.5 Å². The van der Waals surface area contributed by atoms with Crippen LogP contribution in [0.1, 0.15) is 34.1 Å². The number of rotatable bonds is 6. The molecule has 16 heavy (non-hydrogen) atoms. The summed E-state index contributed by atoms with van der Waals surface area (Å²) in [7, 11) is -3.01. The largest absolute Gasteiger partial charge is 0.279 e. The summed E-state index contributed by atoms with van der Waals surface area (Å²) in [4.78, 5) is 0. The van der Waals surface area contributed by atoms with Crippen molar-refractivity contribution in [2.45, 2.75) is 46.2 Å². The van der Waals surface area contributed by atoms with Gasteiger partial charge in [0.25, 0.3) is 7.59 Å². The van der Waals surface area contributed by atoms with Crippen LogP contribution < -0.4 is 10.6 Å². The summed E-state index contributed by atoms with van der Waals surface area (Å²) in [5.74, 6) is 0. The lowest BCUT2D eigenvalue weighted by Gasteiger charge is -2.35. The van der Waals surface area contributed by atoms with Crippen LogP contribution in [-0.4, -0.2) is 23.3 Å². The predicted octanol–water partition coefficient (Wildman–Crippen LogP) is 2.10. The number of nitrogens with two attached hydrogens (primary N) is 1. The molecule has 1 unspecified atom stereocenters. The fourth-order valence-corrected chi connectivity index (χ4v) is 3.60. The van der Waals surface area contributed by atoms with E-state index in [1.807, 2.05) is 33.8 Å². The minimum absolute atomic E-state index is 0. The Balaban J connectivity index is 0. The van der Waals surface area contributed by atoms with E-state index in [2.05, 4.69) is 5.09 Å². The summed E-state index contributed by atoms with van der Waals surface area (Å²) in [6.07, 6.45) is 0.311. The molecule has 7 heteroatoms. The Labute approximate surface area is 104 Å². The van der Waals surface area contributed by atoms with E-state index >= 15 is 0 Å². The lowest BCUT2D eigenvalue weighted by atomic mass is 10.3. The van der Waals surface area contributed by atoms with Gasteiger partial charge in [0, 0.05) is 25.0 Å². The number of hydrogen-bond donors (Lipinski definition) is 2. The molecule has 0 bridgehead atoms. The van der Waals surface area contributed by atoms with Crippen LogP contribution in [0, 0.1) is 11.3 Å². The summed E-state index contributed by atoms with van der Waals surface area (Å²) in [6, 6.07) is 2.19. The van der Waals surface area contributed by atoms with Gasteiger partial charge in [0.05, 0.1) is 6.07 Å².